The van der Waals surface area contributed by atoms with E-state index in [-0.39, 0.29) is 28.5 Å². The maximum absolute atomic E-state index is 14.2. The van der Waals surface area contributed by atoms with Gasteiger partial charge in [0.05, 0.1) is 39.7 Å². The molecule has 2 fully saturated rings. The highest BCUT2D eigenvalue weighted by Crippen LogP contribution is 2.46. The van der Waals surface area contributed by atoms with Crippen molar-refractivity contribution in [3.63, 3.8) is 0 Å². The molecule has 1 saturated carbocycles. The SMILES string of the molecule is O=C(c1ccc(N2CCOCC2)c([N+](=O)[O-])c1)N1N=C2C(=Cc3cccc([N+](=O)[O-])c3)CCCC2C1c1cccc([N+](=O)[O-])c1. The van der Waals surface area contributed by atoms with Crippen LogP contribution in [0, 0.1) is 36.3 Å². The van der Waals surface area contributed by atoms with Gasteiger partial charge >= 0.3 is 0 Å². The lowest BCUT2D eigenvalue weighted by Gasteiger charge is -2.30. The number of carbonyl (C=O) groups is 1. The Labute approximate surface area is 256 Å². The van der Waals surface area contributed by atoms with E-state index >= 15 is 0 Å². The van der Waals surface area contributed by atoms with Crippen LogP contribution in [0.1, 0.15) is 46.8 Å². The first-order valence-corrected chi connectivity index (χ1v) is 14.4. The molecule has 2 unspecified atom stereocenters. The van der Waals surface area contributed by atoms with E-state index < -0.39 is 26.7 Å². The summed E-state index contributed by atoms with van der Waals surface area (Å²) >= 11 is 0. The monoisotopic (exact) mass is 612 g/mol. The van der Waals surface area contributed by atoms with Crippen LogP contribution >= 0.6 is 0 Å². The standard InChI is InChI=1S/C31H28N6O8/c38-31(23-10-11-27(28(19-23)37(43)44)33-12-14-45-15-13-33)34-30(22-6-2-8-25(18-22)36(41)42)26-9-3-5-21(29(26)32-34)16-20-4-1-7-24(17-20)35(39)40/h1-2,4,6-8,10-11,16-19,26,30H,3,5,9,12-15H2. The number of nitrogens with zero attached hydrogens (tertiary/aromatic N) is 6. The van der Waals surface area contributed by atoms with Crippen LogP contribution in [0.3, 0.4) is 0 Å². The molecule has 0 aromatic heterocycles. The van der Waals surface area contributed by atoms with Gasteiger partial charge < -0.3 is 9.64 Å². The van der Waals surface area contributed by atoms with Crippen molar-refractivity contribution in [3.05, 3.63) is 119 Å². The van der Waals surface area contributed by atoms with Crippen molar-refractivity contribution in [2.75, 3.05) is 31.2 Å². The number of nitro benzene ring substituents is 3. The fourth-order valence-corrected chi connectivity index (χ4v) is 6.26. The third-order valence-electron chi connectivity index (χ3n) is 8.32. The van der Waals surface area contributed by atoms with E-state index in [1.165, 1.54) is 41.4 Å². The van der Waals surface area contributed by atoms with E-state index in [0.29, 0.717) is 61.7 Å². The first kappa shape index (κ1) is 29.6. The number of rotatable bonds is 7. The second-order valence-corrected chi connectivity index (χ2v) is 11.0. The zero-order valence-corrected chi connectivity index (χ0v) is 24.0. The number of amides is 1. The molecule has 14 nitrogen and oxygen atoms in total. The molecule has 0 spiro atoms. The molecule has 6 rings (SSSR count). The minimum absolute atomic E-state index is 0.0568. The van der Waals surface area contributed by atoms with Crippen molar-refractivity contribution in [2.24, 2.45) is 11.0 Å². The quantitative estimate of drug-likeness (QED) is 0.240. The van der Waals surface area contributed by atoms with Gasteiger partial charge in [0.25, 0.3) is 23.0 Å². The summed E-state index contributed by atoms with van der Waals surface area (Å²) in [7, 11) is 0. The molecule has 14 heteroatoms. The molecule has 2 atom stereocenters. The lowest BCUT2D eigenvalue weighted by molar-refractivity contribution is -0.385. The van der Waals surface area contributed by atoms with Crippen molar-refractivity contribution in [1.29, 1.82) is 0 Å². The Morgan fingerprint density at radius 1 is 0.889 bits per heavy atom. The molecule has 1 amide bonds. The van der Waals surface area contributed by atoms with Crippen LogP contribution in [0.2, 0.25) is 0 Å². The van der Waals surface area contributed by atoms with E-state index in [2.05, 4.69) is 0 Å². The number of nitro groups is 3. The third-order valence-corrected chi connectivity index (χ3v) is 8.32. The number of benzene rings is 3. The second kappa shape index (κ2) is 12.2. The van der Waals surface area contributed by atoms with E-state index in [1.807, 2.05) is 11.0 Å². The van der Waals surface area contributed by atoms with Crippen LogP contribution in [0.4, 0.5) is 22.7 Å². The maximum atomic E-state index is 14.2. The summed E-state index contributed by atoms with van der Waals surface area (Å²) in [4.78, 5) is 49.6. The van der Waals surface area contributed by atoms with E-state index in [0.717, 1.165) is 12.0 Å². The summed E-state index contributed by atoms with van der Waals surface area (Å²) in [6.45, 7) is 1.82. The van der Waals surface area contributed by atoms with Crippen molar-refractivity contribution in [3.8, 4) is 0 Å². The number of anilines is 1. The van der Waals surface area contributed by atoms with E-state index in [9.17, 15) is 35.1 Å². The molecule has 3 aliphatic rings. The lowest BCUT2D eigenvalue weighted by Crippen LogP contribution is -2.36. The van der Waals surface area contributed by atoms with Crippen LogP contribution < -0.4 is 4.90 Å². The summed E-state index contributed by atoms with van der Waals surface area (Å²) in [6, 6.07) is 15.9. The zero-order valence-electron chi connectivity index (χ0n) is 24.0. The molecule has 230 valence electrons. The highest BCUT2D eigenvalue weighted by atomic mass is 16.6. The molecule has 45 heavy (non-hydrogen) atoms. The van der Waals surface area contributed by atoms with Gasteiger partial charge in [-0.3, -0.25) is 35.1 Å². The maximum Gasteiger partial charge on any atom is 0.293 e. The van der Waals surface area contributed by atoms with Gasteiger partial charge in [0.1, 0.15) is 5.69 Å². The summed E-state index contributed by atoms with van der Waals surface area (Å²) in [5, 5.41) is 41.2. The topological polar surface area (TPSA) is 175 Å². The number of morpholine rings is 1. The van der Waals surface area contributed by atoms with Gasteiger partial charge in [-0.2, -0.15) is 5.10 Å². The van der Waals surface area contributed by atoms with Gasteiger partial charge in [-0.25, -0.2) is 5.01 Å². The molecular formula is C31H28N6O8. The predicted molar refractivity (Wildman–Crippen MR) is 164 cm³/mol. The first-order valence-electron chi connectivity index (χ1n) is 14.4. The second-order valence-electron chi connectivity index (χ2n) is 11.0. The largest absolute Gasteiger partial charge is 0.378 e. The highest BCUT2D eigenvalue weighted by molar-refractivity contribution is 6.09. The zero-order chi connectivity index (χ0) is 31.7. The number of hydrazone groups is 1. The molecule has 0 radical (unpaired) electrons. The molecule has 1 aliphatic carbocycles. The Hall–Kier alpha value is -5.50. The average Bonchev–Trinajstić information content (AvgIpc) is 3.45. The van der Waals surface area contributed by atoms with Crippen molar-refractivity contribution in [2.45, 2.75) is 25.3 Å². The number of hydrogen-bond donors (Lipinski definition) is 0. The molecule has 2 heterocycles. The number of fused-ring (bicyclic) bond motifs is 1. The molecule has 0 N–H and O–H groups in total. The van der Waals surface area contributed by atoms with Crippen molar-refractivity contribution < 1.29 is 24.3 Å². The Kier molecular flexibility index (Phi) is 8.04. The van der Waals surface area contributed by atoms with Gasteiger partial charge in [0.15, 0.2) is 0 Å². The average molecular weight is 613 g/mol. The van der Waals surface area contributed by atoms with Gasteiger partial charge in [0, 0.05) is 54.9 Å². The summed E-state index contributed by atoms with van der Waals surface area (Å²) in [5.41, 5.74) is 2.56. The van der Waals surface area contributed by atoms with Crippen LogP contribution in [-0.2, 0) is 4.74 Å². The summed E-state index contributed by atoms with van der Waals surface area (Å²) in [6.07, 6.45) is 3.80. The molecule has 3 aromatic rings. The van der Waals surface area contributed by atoms with Crippen molar-refractivity contribution in [1.82, 2.24) is 5.01 Å². The van der Waals surface area contributed by atoms with Crippen LogP contribution in [0.25, 0.3) is 6.08 Å². The van der Waals surface area contributed by atoms with E-state index in [1.54, 1.807) is 30.3 Å². The van der Waals surface area contributed by atoms with Gasteiger partial charge in [-0.1, -0.05) is 24.3 Å². The van der Waals surface area contributed by atoms with Crippen molar-refractivity contribution >= 4 is 40.4 Å². The molecular weight excluding hydrogens is 584 g/mol. The number of non-ortho nitro benzene ring substituents is 2. The van der Waals surface area contributed by atoms with Gasteiger partial charge in [0.2, 0.25) is 0 Å². The van der Waals surface area contributed by atoms with Crippen LogP contribution in [0.15, 0.2) is 77.4 Å². The summed E-state index contributed by atoms with van der Waals surface area (Å²) in [5.74, 6) is -0.906. The Morgan fingerprint density at radius 2 is 1.60 bits per heavy atom. The highest BCUT2D eigenvalue weighted by Gasteiger charge is 2.44. The summed E-state index contributed by atoms with van der Waals surface area (Å²) < 4.78 is 5.37. The van der Waals surface area contributed by atoms with Gasteiger partial charge in [-0.05, 0) is 54.2 Å². The van der Waals surface area contributed by atoms with Crippen LogP contribution in [0.5, 0.6) is 0 Å². The Balaban J connectivity index is 1.43. The van der Waals surface area contributed by atoms with Gasteiger partial charge in [-0.15, -0.1) is 0 Å². The molecule has 3 aromatic carbocycles. The normalized spacial score (nSPS) is 20.4. The fraction of sp³-hybridized carbons (Fsp3) is 0.290. The first-order chi connectivity index (χ1) is 21.7. The number of hydrogen-bond acceptors (Lipinski definition) is 10. The number of allylic oxidation sites excluding steroid dienone is 1. The fourth-order valence-electron chi connectivity index (χ4n) is 6.26. The minimum atomic E-state index is -0.709. The molecule has 1 saturated heterocycles. The smallest absolute Gasteiger partial charge is 0.293 e. The Bertz CT molecular complexity index is 1770. The number of carbonyl (C=O) groups excluding carboxylic acids is 1. The molecule has 2 aliphatic heterocycles. The van der Waals surface area contributed by atoms with Crippen LogP contribution in [-0.4, -0.2) is 57.7 Å². The predicted octanol–water partition coefficient (Wildman–Crippen LogP) is 5.68. The Morgan fingerprint density at radius 3 is 2.31 bits per heavy atom. The third kappa shape index (κ3) is 5.87. The lowest BCUT2D eigenvalue weighted by atomic mass is 9.77. The number of ether oxygens (including phenoxy) is 1. The van der Waals surface area contributed by atoms with E-state index in [4.69, 9.17) is 9.84 Å². The molecule has 0 bridgehead atoms. The minimum Gasteiger partial charge on any atom is -0.378 e.